The minimum atomic E-state index is -0.274. The van der Waals surface area contributed by atoms with Crippen LogP contribution in [0.5, 0.6) is 0 Å². The van der Waals surface area contributed by atoms with Crippen molar-refractivity contribution >= 4 is 12.2 Å². The van der Waals surface area contributed by atoms with Crippen molar-refractivity contribution in [3.63, 3.8) is 0 Å². The fourth-order valence-corrected chi connectivity index (χ4v) is 2.30. The first-order valence-electron chi connectivity index (χ1n) is 4.90. The molecule has 1 aliphatic rings. The van der Waals surface area contributed by atoms with E-state index >= 15 is 0 Å². The van der Waals surface area contributed by atoms with Gasteiger partial charge in [-0.2, -0.15) is 0 Å². The SMILES string of the molecule is NC(=O)CC1(CC=O)CCCCC1. The van der Waals surface area contributed by atoms with Crippen LogP contribution in [0.2, 0.25) is 0 Å². The van der Waals surface area contributed by atoms with E-state index in [1.54, 1.807) is 0 Å². The Labute approximate surface area is 78.7 Å². The van der Waals surface area contributed by atoms with Gasteiger partial charge >= 0.3 is 0 Å². The monoisotopic (exact) mass is 183 g/mol. The van der Waals surface area contributed by atoms with E-state index < -0.39 is 0 Å². The van der Waals surface area contributed by atoms with Crippen molar-refractivity contribution in [3.8, 4) is 0 Å². The summed E-state index contributed by atoms with van der Waals surface area (Å²) in [5.74, 6) is -0.274. The molecule has 74 valence electrons. The molecule has 13 heavy (non-hydrogen) atoms. The van der Waals surface area contributed by atoms with E-state index in [0.29, 0.717) is 12.8 Å². The molecule has 0 aromatic heterocycles. The molecular weight excluding hydrogens is 166 g/mol. The number of hydrogen-bond acceptors (Lipinski definition) is 2. The van der Waals surface area contributed by atoms with Crippen LogP contribution in [0, 0.1) is 5.41 Å². The second-order valence-corrected chi connectivity index (χ2v) is 4.07. The fraction of sp³-hybridized carbons (Fsp3) is 0.800. The third-order valence-electron chi connectivity index (χ3n) is 2.98. The lowest BCUT2D eigenvalue weighted by Crippen LogP contribution is -2.30. The highest BCUT2D eigenvalue weighted by atomic mass is 16.1. The molecule has 2 N–H and O–H groups in total. The minimum Gasteiger partial charge on any atom is -0.370 e. The highest BCUT2D eigenvalue weighted by Crippen LogP contribution is 2.41. The molecule has 0 heterocycles. The highest BCUT2D eigenvalue weighted by molar-refractivity contribution is 5.75. The summed E-state index contributed by atoms with van der Waals surface area (Å²) >= 11 is 0. The van der Waals surface area contributed by atoms with E-state index in [0.717, 1.165) is 32.0 Å². The van der Waals surface area contributed by atoms with Crippen LogP contribution in [0.3, 0.4) is 0 Å². The normalized spacial score (nSPS) is 20.9. The van der Waals surface area contributed by atoms with Gasteiger partial charge < -0.3 is 10.5 Å². The fourth-order valence-electron chi connectivity index (χ4n) is 2.30. The standard InChI is InChI=1S/C10H17NO2/c11-9(13)8-10(6-7-12)4-2-1-3-5-10/h7H,1-6,8H2,(H2,11,13). The summed E-state index contributed by atoms with van der Waals surface area (Å²) < 4.78 is 0. The Morgan fingerprint density at radius 3 is 2.38 bits per heavy atom. The number of primary amides is 1. The molecule has 0 saturated heterocycles. The van der Waals surface area contributed by atoms with E-state index in [1.165, 1.54) is 6.42 Å². The Bertz CT molecular complexity index is 195. The Hall–Kier alpha value is -0.860. The second kappa shape index (κ2) is 4.40. The number of hydrogen-bond donors (Lipinski definition) is 1. The number of aldehydes is 1. The van der Waals surface area contributed by atoms with E-state index in [2.05, 4.69) is 0 Å². The summed E-state index contributed by atoms with van der Waals surface area (Å²) in [6, 6.07) is 0. The molecule has 1 rings (SSSR count). The predicted octanol–water partition coefficient (Wildman–Crippen LogP) is 1.40. The zero-order chi connectivity index (χ0) is 9.73. The average Bonchev–Trinajstić information content (AvgIpc) is 2.04. The van der Waals surface area contributed by atoms with E-state index in [4.69, 9.17) is 5.73 Å². The number of amides is 1. The minimum absolute atomic E-state index is 0.0914. The van der Waals surface area contributed by atoms with Gasteiger partial charge in [-0.15, -0.1) is 0 Å². The van der Waals surface area contributed by atoms with Crippen LogP contribution < -0.4 is 5.73 Å². The van der Waals surface area contributed by atoms with E-state index in [-0.39, 0.29) is 11.3 Å². The summed E-state index contributed by atoms with van der Waals surface area (Å²) in [5, 5.41) is 0. The lowest BCUT2D eigenvalue weighted by molar-refractivity contribution is -0.121. The first kappa shape index (κ1) is 10.2. The van der Waals surface area contributed by atoms with Crippen LogP contribution >= 0.6 is 0 Å². The van der Waals surface area contributed by atoms with Gasteiger partial charge in [0.1, 0.15) is 6.29 Å². The van der Waals surface area contributed by atoms with Crippen molar-refractivity contribution in [2.75, 3.05) is 0 Å². The average molecular weight is 183 g/mol. The first-order chi connectivity index (χ1) is 6.18. The van der Waals surface area contributed by atoms with Crippen molar-refractivity contribution in [1.82, 2.24) is 0 Å². The topological polar surface area (TPSA) is 60.2 Å². The van der Waals surface area contributed by atoms with Crippen LogP contribution in [0.4, 0.5) is 0 Å². The molecule has 0 bridgehead atoms. The Kier molecular flexibility index (Phi) is 3.46. The molecule has 1 fully saturated rings. The third kappa shape index (κ3) is 2.83. The number of carbonyl (C=O) groups is 2. The molecule has 0 radical (unpaired) electrons. The maximum atomic E-state index is 10.9. The van der Waals surface area contributed by atoms with Crippen LogP contribution in [0.1, 0.15) is 44.9 Å². The summed E-state index contributed by atoms with van der Waals surface area (Å²) in [6.07, 6.45) is 7.24. The Morgan fingerprint density at radius 1 is 1.31 bits per heavy atom. The van der Waals surface area contributed by atoms with Crippen molar-refractivity contribution in [2.24, 2.45) is 11.1 Å². The van der Waals surface area contributed by atoms with Gasteiger partial charge in [-0.25, -0.2) is 0 Å². The molecule has 1 aliphatic carbocycles. The Morgan fingerprint density at radius 2 is 1.92 bits per heavy atom. The number of nitrogens with two attached hydrogens (primary N) is 1. The van der Waals surface area contributed by atoms with Crippen molar-refractivity contribution in [3.05, 3.63) is 0 Å². The zero-order valence-electron chi connectivity index (χ0n) is 7.92. The smallest absolute Gasteiger partial charge is 0.217 e. The number of rotatable bonds is 4. The zero-order valence-corrected chi connectivity index (χ0v) is 7.92. The predicted molar refractivity (Wildman–Crippen MR) is 50.0 cm³/mol. The van der Waals surface area contributed by atoms with Gasteiger partial charge in [0.15, 0.2) is 0 Å². The second-order valence-electron chi connectivity index (χ2n) is 4.07. The van der Waals surface area contributed by atoms with Crippen LogP contribution in [-0.4, -0.2) is 12.2 Å². The molecule has 3 heteroatoms. The summed E-state index contributed by atoms with van der Waals surface area (Å²) in [4.78, 5) is 21.4. The van der Waals surface area contributed by atoms with Gasteiger partial charge in [0.2, 0.25) is 5.91 Å². The highest BCUT2D eigenvalue weighted by Gasteiger charge is 2.32. The molecule has 0 aromatic carbocycles. The number of carbonyl (C=O) groups excluding carboxylic acids is 2. The van der Waals surface area contributed by atoms with Crippen molar-refractivity contribution < 1.29 is 9.59 Å². The summed E-state index contributed by atoms with van der Waals surface area (Å²) in [6.45, 7) is 0. The maximum Gasteiger partial charge on any atom is 0.217 e. The first-order valence-corrected chi connectivity index (χ1v) is 4.90. The Balaban J connectivity index is 2.60. The molecule has 1 saturated carbocycles. The maximum absolute atomic E-state index is 10.9. The summed E-state index contributed by atoms with van der Waals surface area (Å²) in [5.41, 5.74) is 5.09. The van der Waals surface area contributed by atoms with E-state index in [9.17, 15) is 9.59 Å². The van der Waals surface area contributed by atoms with E-state index in [1.807, 2.05) is 0 Å². The van der Waals surface area contributed by atoms with Gasteiger partial charge in [-0.05, 0) is 18.3 Å². The molecule has 0 aromatic rings. The van der Waals surface area contributed by atoms with Gasteiger partial charge in [0.25, 0.3) is 0 Å². The summed E-state index contributed by atoms with van der Waals surface area (Å²) in [7, 11) is 0. The van der Waals surface area contributed by atoms with Crippen molar-refractivity contribution in [2.45, 2.75) is 44.9 Å². The van der Waals surface area contributed by atoms with Crippen molar-refractivity contribution in [1.29, 1.82) is 0 Å². The largest absolute Gasteiger partial charge is 0.370 e. The molecule has 1 amide bonds. The van der Waals surface area contributed by atoms with Gasteiger partial charge in [0.05, 0.1) is 0 Å². The molecule has 0 spiro atoms. The molecule has 0 aliphatic heterocycles. The van der Waals surface area contributed by atoms with Gasteiger partial charge in [-0.1, -0.05) is 19.3 Å². The van der Waals surface area contributed by atoms with Gasteiger partial charge in [-0.3, -0.25) is 4.79 Å². The molecule has 3 nitrogen and oxygen atoms in total. The lowest BCUT2D eigenvalue weighted by atomic mass is 9.70. The van der Waals surface area contributed by atoms with Crippen LogP contribution in [0.15, 0.2) is 0 Å². The molecule has 0 unspecified atom stereocenters. The molecular formula is C10H17NO2. The van der Waals surface area contributed by atoms with Crippen LogP contribution in [0.25, 0.3) is 0 Å². The molecule has 0 atom stereocenters. The lowest BCUT2D eigenvalue weighted by Gasteiger charge is -2.34. The third-order valence-corrected chi connectivity index (χ3v) is 2.98. The quantitative estimate of drug-likeness (QED) is 0.670. The van der Waals surface area contributed by atoms with Gasteiger partial charge in [0, 0.05) is 12.8 Å². The van der Waals surface area contributed by atoms with Crippen LogP contribution in [-0.2, 0) is 9.59 Å².